The number of ether oxygens (including phenoxy) is 1. The molecule has 0 aromatic heterocycles. The smallest absolute Gasteiger partial charge is 0.416 e. The molecule has 0 unspecified atom stereocenters. The molecular formula is C25H30ClF3N2O2. The average molecular weight is 483 g/mol. The van der Waals surface area contributed by atoms with Crippen molar-refractivity contribution in [1.29, 1.82) is 0 Å². The summed E-state index contributed by atoms with van der Waals surface area (Å²) >= 11 is 0. The molecule has 180 valence electrons. The number of anilines is 1. The quantitative estimate of drug-likeness (QED) is 0.484. The Kier molecular flexibility index (Phi) is 8.97. The summed E-state index contributed by atoms with van der Waals surface area (Å²) in [5.74, 6) is -0.460. The minimum absolute atomic E-state index is 0. The van der Waals surface area contributed by atoms with Crippen molar-refractivity contribution in [3.63, 3.8) is 0 Å². The fraction of sp³-hybridized carbons (Fsp3) is 0.400. The number of halogens is 4. The SMILES string of the molecule is C=CC[C@H]1C(=O)N(CCN(C)C)c2cccc(C(F)(F)F)c2C[C@H]1c1ccc(OC)cc1.Cl. The first-order chi connectivity index (χ1) is 15.2. The van der Waals surface area contributed by atoms with Crippen LogP contribution in [0.15, 0.2) is 55.1 Å². The van der Waals surface area contributed by atoms with Crippen LogP contribution in [-0.2, 0) is 17.4 Å². The minimum Gasteiger partial charge on any atom is -0.497 e. The van der Waals surface area contributed by atoms with Gasteiger partial charge in [-0.05, 0) is 68.2 Å². The molecule has 1 heterocycles. The molecule has 2 atom stereocenters. The number of allylic oxidation sites excluding steroid dienone is 1. The van der Waals surface area contributed by atoms with Gasteiger partial charge < -0.3 is 14.5 Å². The molecule has 2 aromatic carbocycles. The first-order valence-electron chi connectivity index (χ1n) is 10.6. The van der Waals surface area contributed by atoms with Crippen LogP contribution in [0.2, 0.25) is 0 Å². The third kappa shape index (κ3) is 5.89. The van der Waals surface area contributed by atoms with E-state index in [2.05, 4.69) is 6.58 Å². The van der Waals surface area contributed by atoms with Crippen LogP contribution >= 0.6 is 12.4 Å². The van der Waals surface area contributed by atoms with Gasteiger partial charge in [0.05, 0.1) is 12.7 Å². The molecule has 3 rings (SSSR count). The van der Waals surface area contributed by atoms with Crippen LogP contribution in [0, 0.1) is 5.92 Å². The third-order valence-electron chi connectivity index (χ3n) is 5.98. The van der Waals surface area contributed by atoms with E-state index in [0.717, 1.165) is 11.6 Å². The third-order valence-corrected chi connectivity index (χ3v) is 5.98. The zero-order chi connectivity index (χ0) is 23.5. The second-order valence-corrected chi connectivity index (χ2v) is 8.31. The Balaban J connectivity index is 0.00000385. The summed E-state index contributed by atoms with van der Waals surface area (Å²) in [6, 6.07) is 11.3. The number of fused-ring (bicyclic) bond motifs is 1. The maximum Gasteiger partial charge on any atom is 0.416 e. The Bertz CT molecular complexity index is 961. The summed E-state index contributed by atoms with van der Waals surface area (Å²) in [6.45, 7) is 4.65. The number of carbonyl (C=O) groups excluding carboxylic acids is 1. The second kappa shape index (κ2) is 11.1. The Hall–Kier alpha value is -2.51. The molecule has 1 aliphatic heterocycles. The average Bonchev–Trinajstić information content (AvgIpc) is 2.86. The number of nitrogens with zero attached hydrogens (tertiary/aromatic N) is 2. The van der Waals surface area contributed by atoms with Gasteiger partial charge in [0.1, 0.15) is 5.75 Å². The van der Waals surface area contributed by atoms with Gasteiger partial charge in [-0.25, -0.2) is 0 Å². The number of likely N-dealkylation sites (N-methyl/N-ethyl adjacent to an activating group) is 1. The zero-order valence-electron chi connectivity index (χ0n) is 19.1. The van der Waals surface area contributed by atoms with Crippen LogP contribution in [0.1, 0.15) is 29.0 Å². The normalized spacial score (nSPS) is 18.4. The van der Waals surface area contributed by atoms with Crippen LogP contribution in [0.3, 0.4) is 0 Å². The van der Waals surface area contributed by atoms with E-state index >= 15 is 0 Å². The number of methoxy groups -OCH3 is 1. The van der Waals surface area contributed by atoms with Gasteiger partial charge in [-0.1, -0.05) is 24.3 Å². The summed E-state index contributed by atoms with van der Waals surface area (Å²) in [4.78, 5) is 17.2. The van der Waals surface area contributed by atoms with Gasteiger partial charge in [0.2, 0.25) is 5.91 Å². The highest BCUT2D eigenvalue weighted by Gasteiger charge is 2.42. The Morgan fingerprint density at radius 1 is 1.18 bits per heavy atom. The van der Waals surface area contributed by atoms with Crippen molar-refractivity contribution < 1.29 is 22.7 Å². The largest absolute Gasteiger partial charge is 0.497 e. The number of hydrogen-bond acceptors (Lipinski definition) is 3. The second-order valence-electron chi connectivity index (χ2n) is 8.31. The van der Waals surface area contributed by atoms with Gasteiger partial charge in [0.25, 0.3) is 0 Å². The van der Waals surface area contributed by atoms with E-state index < -0.39 is 23.6 Å². The molecule has 1 amide bonds. The van der Waals surface area contributed by atoms with Gasteiger partial charge in [0.15, 0.2) is 0 Å². The van der Waals surface area contributed by atoms with Gasteiger partial charge in [0, 0.05) is 24.7 Å². The van der Waals surface area contributed by atoms with Crippen LogP contribution in [-0.4, -0.2) is 45.1 Å². The maximum absolute atomic E-state index is 14.0. The lowest BCUT2D eigenvalue weighted by molar-refractivity contribution is -0.138. The molecule has 8 heteroatoms. The molecule has 33 heavy (non-hydrogen) atoms. The van der Waals surface area contributed by atoms with Crippen LogP contribution in [0.5, 0.6) is 5.75 Å². The minimum atomic E-state index is -4.51. The summed E-state index contributed by atoms with van der Waals surface area (Å²) in [7, 11) is 5.30. The molecule has 0 saturated carbocycles. The Morgan fingerprint density at radius 2 is 1.85 bits per heavy atom. The highest BCUT2D eigenvalue weighted by molar-refractivity contribution is 5.97. The molecule has 0 fully saturated rings. The van der Waals surface area contributed by atoms with Crippen LogP contribution < -0.4 is 9.64 Å². The molecule has 0 N–H and O–H groups in total. The number of benzene rings is 2. The highest BCUT2D eigenvalue weighted by Crippen LogP contribution is 2.44. The van der Waals surface area contributed by atoms with Crippen molar-refractivity contribution in [2.45, 2.75) is 24.9 Å². The predicted octanol–water partition coefficient (Wildman–Crippen LogP) is 5.56. The van der Waals surface area contributed by atoms with Crippen molar-refractivity contribution in [3.05, 3.63) is 71.8 Å². The predicted molar refractivity (Wildman–Crippen MR) is 127 cm³/mol. The molecule has 4 nitrogen and oxygen atoms in total. The van der Waals surface area contributed by atoms with E-state index in [4.69, 9.17) is 4.74 Å². The van der Waals surface area contributed by atoms with Crippen molar-refractivity contribution in [3.8, 4) is 5.75 Å². The first-order valence-corrected chi connectivity index (χ1v) is 10.6. The molecule has 0 saturated heterocycles. The van der Waals surface area contributed by atoms with Gasteiger partial charge >= 0.3 is 6.18 Å². The molecule has 0 spiro atoms. The van der Waals surface area contributed by atoms with E-state index in [1.54, 1.807) is 31.4 Å². The molecular weight excluding hydrogens is 453 g/mol. The number of hydrogen-bond donors (Lipinski definition) is 0. The topological polar surface area (TPSA) is 32.8 Å². The Morgan fingerprint density at radius 3 is 2.39 bits per heavy atom. The van der Waals surface area contributed by atoms with Gasteiger partial charge in [-0.3, -0.25) is 4.79 Å². The maximum atomic E-state index is 14.0. The number of amides is 1. The molecule has 0 radical (unpaired) electrons. The number of carbonyl (C=O) groups is 1. The lowest BCUT2D eigenvalue weighted by Crippen LogP contribution is -2.41. The fourth-order valence-corrected chi connectivity index (χ4v) is 4.34. The summed E-state index contributed by atoms with van der Waals surface area (Å²) in [5.41, 5.74) is 0.634. The van der Waals surface area contributed by atoms with E-state index in [9.17, 15) is 18.0 Å². The standard InChI is InChI=1S/C25H29F3N2O2.ClH/c1-5-7-19-20(17-10-12-18(32-4)13-11-17)16-21-22(25(26,27)28)8-6-9-23(21)30(24(19)31)15-14-29(2)3;/h5-6,8-13,19-20H,1,7,14-16H2,2-4H3;1H/t19-,20+;/m1./s1. The summed E-state index contributed by atoms with van der Waals surface area (Å²) < 4.78 is 47.2. The first kappa shape index (κ1) is 26.7. The molecule has 0 aliphatic carbocycles. The van der Waals surface area contributed by atoms with E-state index in [1.807, 2.05) is 31.1 Å². The molecule has 2 aromatic rings. The van der Waals surface area contributed by atoms with Crippen molar-refractivity contribution in [2.24, 2.45) is 5.92 Å². The van der Waals surface area contributed by atoms with Gasteiger partial charge in [-0.15, -0.1) is 19.0 Å². The van der Waals surface area contributed by atoms with Gasteiger partial charge in [-0.2, -0.15) is 13.2 Å². The summed E-state index contributed by atoms with van der Waals surface area (Å²) in [6.07, 6.45) is -2.35. The van der Waals surface area contributed by atoms with Crippen LogP contribution in [0.4, 0.5) is 18.9 Å². The van der Waals surface area contributed by atoms with Crippen LogP contribution in [0.25, 0.3) is 0 Å². The molecule has 1 aliphatic rings. The zero-order valence-corrected chi connectivity index (χ0v) is 19.9. The number of rotatable bonds is 7. The Labute approximate surface area is 199 Å². The fourth-order valence-electron chi connectivity index (χ4n) is 4.34. The van der Waals surface area contributed by atoms with Crippen molar-refractivity contribution in [1.82, 2.24) is 4.90 Å². The lowest BCUT2D eigenvalue weighted by atomic mass is 9.79. The highest BCUT2D eigenvalue weighted by atomic mass is 35.5. The summed E-state index contributed by atoms with van der Waals surface area (Å²) in [5, 5.41) is 0. The van der Waals surface area contributed by atoms with E-state index in [0.29, 0.717) is 30.9 Å². The van der Waals surface area contributed by atoms with Crippen molar-refractivity contribution >= 4 is 24.0 Å². The molecule has 0 bridgehead atoms. The van der Waals surface area contributed by atoms with Crippen molar-refractivity contribution in [2.75, 3.05) is 39.2 Å². The lowest BCUT2D eigenvalue weighted by Gasteiger charge is -2.29. The number of alkyl halides is 3. The van der Waals surface area contributed by atoms with E-state index in [-0.39, 0.29) is 30.3 Å². The van der Waals surface area contributed by atoms with E-state index in [1.165, 1.54) is 11.0 Å². The monoisotopic (exact) mass is 482 g/mol.